The molecule has 2 amide bonds. The van der Waals surface area contributed by atoms with Gasteiger partial charge >= 0.3 is 272 Å². The molecule has 7 heterocycles. The number of aryl methyl sites for hydroxylation is 2. The van der Waals surface area contributed by atoms with Crippen LogP contribution in [0.2, 0.25) is 0 Å². The molecule has 3 aliphatic heterocycles. The summed E-state index contributed by atoms with van der Waals surface area (Å²) in [7, 11) is 0. The Hall–Kier alpha value is -3.41. The van der Waals surface area contributed by atoms with Crippen LogP contribution in [-0.2, 0) is 25.6 Å². The van der Waals surface area contributed by atoms with Crippen LogP contribution in [0, 0.1) is 13.8 Å². The predicted molar refractivity (Wildman–Crippen MR) is 165 cm³/mol. The number of carbonyl (C=O) groups is 3. The number of hydrogen-bond acceptors (Lipinski definition) is 10. The summed E-state index contributed by atoms with van der Waals surface area (Å²) >= 11 is 2.87. The molecule has 15 heteroatoms. The van der Waals surface area contributed by atoms with Crippen molar-refractivity contribution in [1.82, 2.24) is 34.6 Å². The normalized spacial score (nSPS) is 24.8. The third kappa shape index (κ3) is 5.50. The van der Waals surface area contributed by atoms with Crippen molar-refractivity contribution in [2.45, 2.75) is 73.0 Å². The van der Waals surface area contributed by atoms with Crippen molar-refractivity contribution in [1.29, 1.82) is 0 Å². The Morgan fingerprint density at radius 1 is 1.13 bits per heavy atom. The summed E-state index contributed by atoms with van der Waals surface area (Å²) < 4.78 is 13.9. The fraction of sp³-hybridized carbons (Fsp3) is 0.419. The molecule has 240 valence electrons. The third-order valence-electron chi connectivity index (χ3n) is 8.51. The molecule has 3 fully saturated rings. The first-order chi connectivity index (χ1) is 21.8. The van der Waals surface area contributed by atoms with Gasteiger partial charge in [-0.1, -0.05) is 0 Å². The molecule has 0 bridgehead atoms. The van der Waals surface area contributed by atoms with E-state index >= 15 is 0 Å². The number of nitrogens with zero attached hydrogens (tertiary/aromatic N) is 7. The molecule has 0 spiro atoms. The Morgan fingerprint density at radius 3 is 2.59 bits per heavy atom. The number of amides is 2. The molecule has 0 aliphatic carbocycles. The number of alkyl halides is 2. The molecule has 0 saturated carbocycles. The predicted octanol–water partition coefficient (Wildman–Crippen LogP) is 0.424. The van der Waals surface area contributed by atoms with E-state index in [1.807, 2.05) is 26.8 Å². The van der Waals surface area contributed by atoms with Crippen molar-refractivity contribution in [2.24, 2.45) is 0 Å². The molecule has 3 saturated heterocycles. The Labute approximate surface area is 283 Å². The summed E-state index contributed by atoms with van der Waals surface area (Å²) in [6, 6.07) is 4.70. The second-order valence-corrected chi connectivity index (χ2v) is 16.8. The molecule has 0 radical (unpaired) electrons. The van der Waals surface area contributed by atoms with Crippen LogP contribution in [0.25, 0.3) is 22.2 Å². The van der Waals surface area contributed by atoms with Crippen LogP contribution in [0.5, 0.6) is 0 Å². The quantitative estimate of drug-likeness (QED) is 0.0916. The first-order valence-corrected chi connectivity index (χ1v) is 17.8. The van der Waals surface area contributed by atoms with Crippen molar-refractivity contribution in [3.05, 3.63) is 58.5 Å². The number of ketones is 1. The number of pyridine rings is 2. The molecule has 4 aromatic rings. The van der Waals surface area contributed by atoms with E-state index in [0.717, 1.165) is 5.56 Å². The SMILES string of the molecule is CC(=O)c1nn(CC(=O)N2[C@H](C(=O)Nc3nc(Br)ccc3C)C[C@@]3(C4COC(C)(C)O4)[I-][C@@H]23)c2cnc(-c3cnc(C)nc3)cc12. The summed E-state index contributed by atoms with van der Waals surface area (Å²) in [5.41, 5.74) is 2.86. The number of aromatic nitrogens is 6. The first-order valence-electron chi connectivity index (χ1n) is 14.7. The number of ether oxygens (including phenoxy) is 2. The maximum absolute atomic E-state index is 14.3. The number of halogens is 2. The Balaban J connectivity index is 1.21. The molecule has 0 aromatic carbocycles. The van der Waals surface area contributed by atoms with Gasteiger partial charge in [0.2, 0.25) is 0 Å². The molecule has 13 nitrogen and oxygen atoms in total. The van der Waals surface area contributed by atoms with Gasteiger partial charge in [0.05, 0.1) is 0 Å². The Morgan fingerprint density at radius 2 is 1.89 bits per heavy atom. The average Bonchev–Trinajstić information content (AvgIpc) is 3.26. The van der Waals surface area contributed by atoms with Crippen LogP contribution in [-0.4, -0.2) is 84.2 Å². The van der Waals surface area contributed by atoms with Crippen LogP contribution in [0.1, 0.15) is 49.1 Å². The van der Waals surface area contributed by atoms with Crippen molar-refractivity contribution in [2.75, 3.05) is 11.9 Å². The molecular weight excluding hydrogens is 771 g/mol. The minimum atomic E-state index is -0.737. The van der Waals surface area contributed by atoms with E-state index in [4.69, 9.17) is 9.47 Å². The van der Waals surface area contributed by atoms with Crippen molar-refractivity contribution in [3.63, 3.8) is 0 Å². The summed E-state index contributed by atoms with van der Waals surface area (Å²) in [5, 5.41) is 8.09. The summed E-state index contributed by atoms with van der Waals surface area (Å²) in [4.78, 5) is 60.0. The number of anilines is 1. The van der Waals surface area contributed by atoms with Gasteiger partial charge in [-0.3, -0.25) is 0 Å². The zero-order valence-electron chi connectivity index (χ0n) is 25.7. The van der Waals surface area contributed by atoms with Crippen LogP contribution < -0.4 is 26.5 Å². The molecule has 1 unspecified atom stereocenters. The Bertz CT molecular complexity index is 1920. The van der Waals surface area contributed by atoms with Crippen LogP contribution in [0.15, 0.2) is 41.4 Å². The van der Waals surface area contributed by atoms with Crippen LogP contribution in [0.4, 0.5) is 5.82 Å². The van der Waals surface area contributed by atoms with Gasteiger partial charge in [0.25, 0.3) is 0 Å². The number of nitrogens with one attached hydrogen (secondary N) is 1. The van der Waals surface area contributed by atoms with Gasteiger partial charge in [0.1, 0.15) is 5.82 Å². The van der Waals surface area contributed by atoms with Crippen molar-refractivity contribution < 1.29 is 45.1 Å². The topological polar surface area (TPSA) is 154 Å². The van der Waals surface area contributed by atoms with Gasteiger partial charge in [-0.2, -0.15) is 0 Å². The molecule has 1 N–H and O–H groups in total. The standard InChI is InChI=1S/C31H31BrIN8O5/c1-15-6-7-24(32)37-27(15)38-28(44)21-9-31(23-14-45-30(4,5)46-23)29(33-31)41(21)25(43)13-40-22-12-36-20(18-10-34-17(3)35-11-18)8-19(22)26(39-40)16(2)42/h6-8,10-12,21,23,29H,9,13-14H2,1-5H3,(H,37,38,44)/q-1/t21-,23?,29-,31-/m0/s1. The second kappa shape index (κ2) is 11.4. The van der Waals surface area contributed by atoms with Crippen LogP contribution in [0.3, 0.4) is 0 Å². The Kier molecular flexibility index (Phi) is 7.72. The summed E-state index contributed by atoms with van der Waals surface area (Å²) in [5.74, 6) is -0.472. The van der Waals surface area contributed by atoms with E-state index in [0.29, 0.717) is 51.4 Å². The first kappa shape index (κ1) is 31.2. The van der Waals surface area contributed by atoms with Gasteiger partial charge in [-0.05, 0) is 6.92 Å². The fourth-order valence-corrected chi connectivity index (χ4v) is 10.7. The molecule has 4 aromatic heterocycles. The van der Waals surface area contributed by atoms with Crippen molar-refractivity contribution >= 4 is 50.2 Å². The number of carbonyl (C=O) groups excluding carboxylic acids is 3. The zero-order valence-corrected chi connectivity index (χ0v) is 29.5. The van der Waals surface area contributed by atoms with Gasteiger partial charge in [-0.15, -0.1) is 0 Å². The fourth-order valence-electron chi connectivity index (χ4n) is 6.11. The van der Waals surface area contributed by atoms with Crippen LogP contribution >= 0.6 is 15.9 Å². The van der Waals surface area contributed by atoms with Gasteiger partial charge in [0.15, 0.2) is 0 Å². The van der Waals surface area contributed by atoms with E-state index < -0.39 is 33.0 Å². The van der Waals surface area contributed by atoms with Crippen molar-refractivity contribution in [3.8, 4) is 11.3 Å². The summed E-state index contributed by atoms with van der Waals surface area (Å²) in [6.07, 6.45) is 5.22. The molecule has 3 aliphatic rings. The molecule has 7 rings (SSSR count). The minimum absolute atomic E-state index is 0.103. The zero-order chi connectivity index (χ0) is 32.5. The third-order valence-corrected chi connectivity index (χ3v) is 13.5. The van der Waals surface area contributed by atoms with E-state index in [2.05, 4.69) is 46.3 Å². The average molecular weight is 802 g/mol. The number of rotatable bonds is 7. The number of fused-ring (bicyclic) bond motifs is 2. The summed E-state index contributed by atoms with van der Waals surface area (Å²) in [6.45, 7) is 9.11. The van der Waals surface area contributed by atoms with Gasteiger partial charge in [0, 0.05) is 0 Å². The molecule has 46 heavy (non-hydrogen) atoms. The number of hydrogen-bond donors (Lipinski definition) is 1. The van der Waals surface area contributed by atoms with E-state index in [-0.39, 0.29) is 43.4 Å². The maximum atomic E-state index is 14.3. The molecular formula is C31H31BrIN8O5-. The van der Waals surface area contributed by atoms with E-state index in [9.17, 15) is 14.4 Å². The van der Waals surface area contributed by atoms with Gasteiger partial charge < -0.3 is 0 Å². The monoisotopic (exact) mass is 801 g/mol. The number of likely N-dealkylation sites (tertiary alicyclic amines) is 1. The second-order valence-electron chi connectivity index (χ2n) is 12.2. The number of Topliss-reactive ketones (excluding diaryl/α,β-unsaturated/α-hetero) is 1. The van der Waals surface area contributed by atoms with E-state index in [1.165, 1.54) is 11.6 Å². The molecule has 4 atom stereocenters. The van der Waals surface area contributed by atoms with E-state index in [1.54, 1.807) is 42.5 Å². The van der Waals surface area contributed by atoms with Gasteiger partial charge in [-0.25, -0.2) is 0 Å².